The first-order valence-electron chi connectivity index (χ1n) is 7.45. The molecule has 1 aliphatic rings. The molecule has 3 amide bonds. The van der Waals surface area contributed by atoms with Crippen LogP contribution in [0.25, 0.3) is 0 Å². The highest BCUT2D eigenvalue weighted by Gasteiger charge is 2.31. The van der Waals surface area contributed by atoms with Crippen LogP contribution in [0.15, 0.2) is 0 Å². The molecular formula is C14H23N3O5. The van der Waals surface area contributed by atoms with Crippen LogP contribution in [0, 0.1) is 0 Å². The Morgan fingerprint density at radius 2 is 1.77 bits per heavy atom. The number of aliphatic carboxylic acids is 1. The molecule has 3 N–H and O–H groups in total. The van der Waals surface area contributed by atoms with E-state index < -0.39 is 12.0 Å². The quantitative estimate of drug-likeness (QED) is 0.547. The van der Waals surface area contributed by atoms with Crippen molar-refractivity contribution in [2.45, 2.75) is 45.1 Å². The van der Waals surface area contributed by atoms with Gasteiger partial charge in [0, 0.05) is 39.4 Å². The summed E-state index contributed by atoms with van der Waals surface area (Å²) in [6, 6.07) is -0.774. The van der Waals surface area contributed by atoms with E-state index in [0.29, 0.717) is 26.1 Å². The standard InChI is InChI=1S/C14H23N3O5/c1-10(18)15-7-8-16-12(19)5-6-13(20)17-9-3-2-4-11(17)14(21)22/h11H,2-9H2,1H3,(H,15,18)(H,16,19)(H,21,22)/t11-/m1/s1. The second kappa shape index (κ2) is 9.01. The minimum Gasteiger partial charge on any atom is -0.480 e. The summed E-state index contributed by atoms with van der Waals surface area (Å²) in [7, 11) is 0. The van der Waals surface area contributed by atoms with Gasteiger partial charge in [-0.2, -0.15) is 0 Å². The zero-order chi connectivity index (χ0) is 16.5. The second-order valence-corrected chi connectivity index (χ2v) is 5.27. The van der Waals surface area contributed by atoms with Crippen LogP contribution in [0.1, 0.15) is 39.0 Å². The maximum absolute atomic E-state index is 12.1. The maximum atomic E-state index is 12.1. The Labute approximate surface area is 129 Å². The minimum absolute atomic E-state index is 0.00422. The van der Waals surface area contributed by atoms with Crippen molar-refractivity contribution in [2.75, 3.05) is 19.6 Å². The molecule has 0 saturated carbocycles. The molecular weight excluding hydrogens is 290 g/mol. The van der Waals surface area contributed by atoms with Crippen LogP contribution < -0.4 is 10.6 Å². The molecule has 22 heavy (non-hydrogen) atoms. The third-order valence-corrected chi connectivity index (χ3v) is 3.50. The normalized spacial score (nSPS) is 17.7. The van der Waals surface area contributed by atoms with Gasteiger partial charge in [-0.1, -0.05) is 0 Å². The zero-order valence-corrected chi connectivity index (χ0v) is 12.8. The Kier molecular flexibility index (Phi) is 7.34. The van der Waals surface area contributed by atoms with Crippen molar-refractivity contribution < 1.29 is 24.3 Å². The summed E-state index contributed by atoms with van der Waals surface area (Å²) in [5.41, 5.74) is 0. The molecule has 1 atom stereocenters. The summed E-state index contributed by atoms with van der Waals surface area (Å²) in [5.74, 6) is -1.76. The average Bonchev–Trinajstić information content (AvgIpc) is 2.49. The van der Waals surface area contributed by atoms with Gasteiger partial charge in [-0.15, -0.1) is 0 Å². The van der Waals surface area contributed by atoms with Crippen LogP contribution in [0.5, 0.6) is 0 Å². The number of hydrogen-bond acceptors (Lipinski definition) is 4. The topological polar surface area (TPSA) is 116 Å². The largest absolute Gasteiger partial charge is 0.480 e. The van der Waals surface area contributed by atoms with Gasteiger partial charge in [0.05, 0.1) is 0 Å². The molecule has 124 valence electrons. The predicted molar refractivity (Wildman–Crippen MR) is 77.9 cm³/mol. The molecule has 0 radical (unpaired) electrons. The number of carbonyl (C=O) groups is 4. The molecule has 0 aromatic heterocycles. The number of carbonyl (C=O) groups excluding carboxylic acids is 3. The monoisotopic (exact) mass is 313 g/mol. The molecule has 1 heterocycles. The van der Waals surface area contributed by atoms with Gasteiger partial charge in [0.25, 0.3) is 0 Å². The molecule has 8 nitrogen and oxygen atoms in total. The fourth-order valence-corrected chi connectivity index (χ4v) is 2.38. The van der Waals surface area contributed by atoms with Gasteiger partial charge in [0.1, 0.15) is 6.04 Å². The number of likely N-dealkylation sites (tertiary alicyclic amines) is 1. The van der Waals surface area contributed by atoms with E-state index in [4.69, 9.17) is 5.11 Å². The van der Waals surface area contributed by atoms with Gasteiger partial charge in [-0.05, 0) is 19.3 Å². The van der Waals surface area contributed by atoms with Crippen molar-refractivity contribution >= 4 is 23.7 Å². The lowest BCUT2D eigenvalue weighted by Crippen LogP contribution is -2.48. The molecule has 0 bridgehead atoms. The van der Waals surface area contributed by atoms with E-state index in [0.717, 1.165) is 12.8 Å². The third-order valence-electron chi connectivity index (χ3n) is 3.50. The van der Waals surface area contributed by atoms with Crippen LogP contribution in [-0.2, 0) is 19.2 Å². The van der Waals surface area contributed by atoms with Crippen LogP contribution in [0.4, 0.5) is 0 Å². The highest BCUT2D eigenvalue weighted by molar-refractivity contribution is 5.87. The molecule has 8 heteroatoms. The molecule has 1 aliphatic heterocycles. The van der Waals surface area contributed by atoms with Crippen molar-refractivity contribution in [3.8, 4) is 0 Å². The smallest absolute Gasteiger partial charge is 0.326 e. The Hall–Kier alpha value is -2.12. The SMILES string of the molecule is CC(=O)NCCNC(=O)CCC(=O)N1CCCC[C@@H]1C(=O)O. The van der Waals surface area contributed by atoms with Gasteiger partial charge < -0.3 is 20.6 Å². The fraction of sp³-hybridized carbons (Fsp3) is 0.714. The third kappa shape index (κ3) is 6.11. The summed E-state index contributed by atoms with van der Waals surface area (Å²) in [6.45, 7) is 2.45. The number of nitrogens with one attached hydrogen (secondary N) is 2. The summed E-state index contributed by atoms with van der Waals surface area (Å²) < 4.78 is 0. The van der Waals surface area contributed by atoms with Crippen LogP contribution in [0.2, 0.25) is 0 Å². The van der Waals surface area contributed by atoms with Crippen LogP contribution >= 0.6 is 0 Å². The first kappa shape index (κ1) is 17.9. The number of piperidine rings is 1. The number of rotatable bonds is 7. The number of carboxylic acids is 1. The van der Waals surface area contributed by atoms with Gasteiger partial charge in [-0.25, -0.2) is 4.79 Å². The highest BCUT2D eigenvalue weighted by Crippen LogP contribution is 2.18. The Balaban J connectivity index is 2.30. The van der Waals surface area contributed by atoms with E-state index in [1.54, 1.807) is 0 Å². The Bertz CT molecular complexity index is 438. The molecule has 0 aromatic rings. The zero-order valence-electron chi connectivity index (χ0n) is 12.8. The molecule has 1 fully saturated rings. The number of hydrogen-bond donors (Lipinski definition) is 3. The predicted octanol–water partition coefficient (Wildman–Crippen LogP) is -0.515. The second-order valence-electron chi connectivity index (χ2n) is 5.27. The van der Waals surface area contributed by atoms with E-state index in [2.05, 4.69) is 10.6 Å². The van der Waals surface area contributed by atoms with Crippen LogP contribution in [-0.4, -0.2) is 59.4 Å². The molecule has 1 rings (SSSR count). The number of amides is 3. The minimum atomic E-state index is -0.993. The molecule has 0 aliphatic carbocycles. The first-order valence-corrected chi connectivity index (χ1v) is 7.45. The molecule has 0 spiro atoms. The lowest BCUT2D eigenvalue weighted by molar-refractivity contribution is -0.152. The van der Waals surface area contributed by atoms with E-state index in [1.165, 1.54) is 11.8 Å². The lowest BCUT2D eigenvalue weighted by Gasteiger charge is -2.33. The fourth-order valence-electron chi connectivity index (χ4n) is 2.38. The van der Waals surface area contributed by atoms with Crippen molar-refractivity contribution in [1.29, 1.82) is 0 Å². The maximum Gasteiger partial charge on any atom is 0.326 e. The van der Waals surface area contributed by atoms with Crippen LogP contribution in [0.3, 0.4) is 0 Å². The van der Waals surface area contributed by atoms with E-state index in [-0.39, 0.29) is 30.6 Å². The summed E-state index contributed by atoms with van der Waals surface area (Å²) >= 11 is 0. The first-order chi connectivity index (χ1) is 10.4. The van der Waals surface area contributed by atoms with E-state index in [1.807, 2.05) is 0 Å². The van der Waals surface area contributed by atoms with E-state index in [9.17, 15) is 19.2 Å². The van der Waals surface area contributed by atoms with Gasteiger partial charge in [0.15, 0.2) is 0 Å². The highest BCUT2D eigenvalue weighted by atomic mass is 16.4. The van der Waals surface area contributed by atoms with Gasteiger partial charge >= 0.3 is 5.97 Å². The summed E-state index contributed by atoms with van der Waals surface area (Å²) in [6.07, 6.45) is 2.06. The molecule has 1 saturated heterocycles. The van der Waals surface area contributed by atoms with Crippen molar-refractivity contribution in [3.05, 3.63) is 0 Å². The van der Waals surface area contributed by atoms with Gasteiger partial charge in [-0.3, -0.25) is 14.4 Å². The number of nitrogens with zero attached hydrogens (tertiary/aromatic N) is 1. The van der Waals surface area contributed by atoms with Crippen molar-refractivity contribution in [3.63, 3.8) is 0 Å². The Morgan fingerprint density at radius 1 is 1.09 bits per heavy atom. The summed E-state index contributed by atoms with van der Waals surface area (Å²) in [5, 5.41) is 14.2. The average molecular weight is 313 g/mol. The Morgan fingerprint density at radius 3 is 2.41 bits per heavy atom. The molecule has 0 unspecified atom stereocenters. The van der Waals surface area contributed by atoms with E-state index >= 15 is 0 Å². The lowest BCUT2D eigenvalue weighted by atomic mass is 10.0. The van der Waals surface area contributed by atoms with Crippen molar-refractivity contribution in [2.24, 2.45) is 0 Å². The van der Waals surface area contributed by atoms with Gasteiger partial charge in [0.2, 0.25) is 17.7 Å². The van der Waals surface area contributed by atoms with Crippen molar-refractivity contribution in [1.82, 2.24) is 15.5 Å². The molecule has 0 aromatic carbocycles. The number of carboxylic acid groups (broad SMARTS) is 1. The summed E-state index contributed by atoms with van der Waals surface area (Å²) in [4.78, 5) is 46.8.